The lowest BCUT2D eigenvalue weighted by Gasteiger charge is -2.16. The number of ether oxygens (including phenoxy) is 2. The number of ketones is 1. The van der Waals surface area contributed by atoms with E-state index in [2.05, 4.69) is 0 Å². The molecule has 23 heavy (non-hydrogen) atoms. The zero-order valence-electron chi connectivity index (χ0n) is 13.3. The largest absolute Gasteiger partial charge is 0.496 e. The van der Waals surface area contributed by atoms with Crippen LogP contribution in [0.3, 0.4) is 0 Å². The molecule has 0 bridgehead atoms. The van der Waals surface area contributed by atoms with E-state index < -0.39 is 6.10 Å². The molecule has 0 aliphatic carbocycles. The molecule has 0 amide bonds. The number of benzene rings is 2. The summed E-state index contributed by atoms with van der Waals surface area (Å²) in [7, 11) is 1.49. The second-order valence-corrected chi connectivity index (χ2v) is 5.25. The summed E-state index contributed by atoms with van der Waals surface area (Å²) in [6, 6.07) is 9.07. The molecule has 2 rings (SSSR count). The lowest BCUT2D eigenvalue weighted by molar-refractivity contribution is 0.101. The Balaban J connectivity index is 2.11. The standard InChI is InChI=1S/C18H19FO4/c1-11-8-13(19)4-6-15(11)17(21)10-23-14-5-7-18(22-3)16(9-14)12(2)20/h4-9,17,21H,10H2,1-3H3. The van der Waals surface area contributed by atoms with Gasteiger partial charge in [0.15, 0.2) is 5.78 Å². The van der Waals surface area contributed by atoms with Gasteiger partial charge >= 0.3 is 0 Å². The first-order valence-electron chi connectivity index (χ1n) is 7.18. The van der Waals surface area contributed by atoms with E-state index in [-0.39, 0.29) is 18.2 Å². The van der Waals surface area contributed by atoms with Crippen LogP contribution in [0.2, 0.25) is 0 Å². The third kappa shape index (κ3) is 4.07. The fourth-order valence-corrected chi connectivity index (χ4v) is 2.33. The molecule has 2 aromatic rings. The van der Waals surface area contributed by atoms with Crippen LogP contribution >= 0.6 is 0 Å². The summed E-state index contributed by atoms with van der Waals surface area (Å²) in [4.78, 5) is 11.6. The SMILES string of the molecule is COc1ccc(OCC(O)c2ccc(F)cc2C)cc1C(C)=O. The van der Waals surface area contributed by atoms with E-state index >= 15 is 0 Å². The highest BCUT2D eigenvalue weighted by Gasteiger charge is 2.14. The Morgan fingerprint density at radius 3 is 2.61 bits per heavy atom. The van der Waals surface area contributed by atoms with Gasteiger partial charge in [-0.1, -0.05) is 6.07 Å². The number of carbonyl (C=O) groups excluding carboxylic acids is 1. The second-order valence-electron chi connectivity index (χ2n) is 5.25. The number of methoxy groups -OCH3 is 1. The van der Waals surface area contributed by atoms with Gasteiger partial charge in [-0.15, -0.1) is 0 Å². The third-order valence-corrected chi connectivity index (χ3v) is 3.55. The van der Waals surface area contributed by atoms with Crippen molar-refractivity contribution in [3.63, 3.8) is 0 Å². The van der Waals surface area contributed by atoms with Crippen molar-refractivity contribution in [2.24, 2.45) is 0 Å². The molecule has 0 saturated carbocycles. The topological polar surface area (TPSA) is 55.8 Å². The van der Waals surface area contributed by atoms with Crippen molar-refractivity contribution in [1.29, 1.82) is 0 Å². The number of aryl methyl sites for hydroxylation is 1. The number of hydrogen-bond acceptors (Lipinski definition) is 4. The first kappa shape index (κ1) is 17.0. The zero-order chi connectivity index (χ0) is 17.0. The van der Waals surface area contributed by atoms with Gasteiger partial charge in [0.05, 0.1) is 12.7 Å². The average Bonchev–Trinajstić information content (AvgIpc) is 2.52. The highest BCUT2D eigenvalue weighted by Crippen LogP contribution is 2.26. The van der Waals surface area contributed by atoms with Gasteiger partial charge in [0, 0.05) is 0 Å². The van der Waals surface area contributed by atoms with Crippen molar-refractivity contribution < 1.29 is 23.8 Å². The molecule has 5 heteroatoms. The van der Waals surface area contributed by atoms with Gasteiger partial charge in [-0.2, -0.15) is 0 Å². The van der Waals surface area contributed by atoms with Gasteiger partial charge in [0.1, 0.15) is 30.0 Å². The summed E-state index contributed by atoms with van der Waals surface area (Å²) < 4.78 is 23.8. The van der Waals surface area contributed by atoms with Crippen molar-refractivity contribution >= 4 is 5.78 Å². The predicted octanol–water partition coefficient (Wildman–Crippen LogP) is 3.46. The first-order chi connectivity index (χ1) is 10.9. The minimum atomic E-state index is -0.890. The highest BCUT2D eigenvalue weighted by molar-refractivity contribution is 5.97. The Labute approximate surface area is 134 Å². The van der Waals surface area contributed by atoms with Crippen LogP contribution in [-0.2, 0) is 0 Å². The molecule has 4 nitrogen and oxygen atoms in total. The lowest BCUT2D eigenvalue weighted by atomic mass is 10.0. The second kappa shape index (κ2) is 7.24. The lowest BCUT2D eigenvalue weighted by Crippen LogP contribution is -2.11. The van der Waals surface area contributed by atoms with Gasteiger partial charge in [-0.25, -0.2) is 4.39 Å². The van der Waals surface area contributed by atoms with Crippen LogP contribution in [-0.4, -0.2) is 24.6 Å². The van der Waals surface area contributed by atoms with E-state index in [1.54, 1.807) is 25.1 Å². The normalized spacial score (nSPS) is 11.9. The Kier molecular flexibility index (Phi) is 5.34. The molecule has 0 spiro atoms. The number of carbonyl (C=O) groups is 1. The molecule has 0 heterocycles. The summed E-state index contributed by atoms with van der Waals surface area (Å²) in [6.45, 7) is 3.16. The van der Waals surface area contributed by atoms with Crippen LogP contribution in [0.25, 0.3) is 0 Å². The molecule has 1 unspecified atom stereocenters. The summed E-state index contributed by atoms with van der Waals surface area (Å²) in [5, 5.41) is 10.2. The van der Waals surface area contributed by atoms with Gasteiger partial charge < -0.3 is 14.6 Å². The summed E-state index contributed by atoms with van der Waals surface area (Å²) >= 11 is 0. The molecule has 0 aliphatic rings. The van der Waals surface area contributed by atoms with Crippen LogP contribution in [0.5, 0.6) is 11.5 Å². The van der Waals surface area contributed by atoms with Crippen molar-refractivity contribution in [3.05, 3.63) is 58.9 Å². The van der Waals surface area contributed by atoms with E-state index in [9.17, 15) is 14.3 Å². The monoisotopic (exact) mass is 318 g/mol. The van der Waals surface area contributed by atoms with Gasteiger partial charge in [0.25, 0.3) is 0 Å². The number of hydrogen-bond donors (Lipinski definition) is 1. The first-order valence-corrected chi connectivity index (χ1v) is 7.18. The van der Waals surface area contributed by atoms with Crippen LogP contribution in [0, 0.1) is 12.7 Å². The maximum atomic E-state index is 13.1. The van der Waals surface area contributed by atoms with E-state index in [0.717, 1.165) is 0 Å². The van der Waals surface area contributed by atoms with Gasteiger partial charge in [-0.3, -0.25) is 4.79 Å². The number of aliphatic hydroxyl groups is 1. The minimum absolute atomic E-state index is 0.00382. The van der Waals surface area contributed by atoms with E-state index in [4.69, 9.17) is 9.47 Å². The summed E-state index contributed by atoms with van der Waals surface area (Å²) in [5.74, 6) is 0.442. The van der Waals surface area contributed by atoms with Crippen LogP contribution in [0.1, 0.15) is 34.5 Å². The molecule has 0 aromatic heterocycles. The van der Waals surface area contributed by atoms with Gasteiger partial charge in [-0.05, 0) is 55.3 Å². The highest BCUT2D eigenvalue weighted by atomic mass is 19.1. The Morgan fingerprint density at radius 1 is 1.26 bits per heavy atom. The number of aliphatic hydroxyl groups excluding tert-OH is 1. The zero-order valence-corrected chi connectivity index (χ0v) is 13.3. The molecular formula is C18H19FO4. The molecule has 0 fully saturated rings. The quantitative estimate of drug-likeness (QED) is 0.829. The van der Waals surface area contributed by atoms with Crippen molar-refractivity contribution in [3.8, 4) is 11.5 Å². The van der Waals surface area contributed by atoms with Crippen molar-refractivity contribution in [2.75, 3.05) is 13.7 Å². The fraction of sp³-hybridized carbons (Fsp3) is 0.278. The number of rotatable bonds is 6. The number of Topliss-reactive ketones (excluding diaryl/α,β-unsaturated/α-hetero) is 1. The minimum Gasteiger partial charge on any atom is -0.496 e. The molecule has 0 radical (unpaired) electrons. The molecule has 122 valence electrons. The Morgan fingerprint density at radius 2 is 2.00 bits per heavy atom. The predicted molar refractivity (Wildman–Crippen MR) is 84.6 cm³/mol. The molecule has 0 aliphatic heterocycles. The van der Waals surface area contributed by atoms with E-state index in [1.807, 2.05) is 0 Å². The van der Waals surface area contributed by atoms with Gasteiger partial charge in [0.2, 0.25) is 0 Å². The van der Waals surface area contributed by atoms with Crippen molar-refractivity contribution in [1.82, 2.24) is 0 Å². The fourth-order valence-electron chi connectivity index (χ4n) is 2.33. The smallest absolute Gasteiger partial charge is 0.163 e. The number of halogens is 1. The molecular weight excluding hydrogens is 299 g/mol. The maximum absolute atomic E-state index is 13.1. The Hall–Kier alpha value is -2.40. The molecule has 1 atom stereocenters. The van der Waals surface area contributed by atoms with Crippen LogP contribution < -0.4 is 9.47 Å². The van der Waals surface area contributed by atoms with Crippen molar-refractivity contribution in [2.45, 2.75) is 20.0 Å². The van der Waals surface area contributed by atoms with Crippen LogP contribution in [0.4, 0.5) is 4.39 Å². The van der Waals surface area contributed by atoms with E-state index in [1.165, 1.54) is 32.2 Å². The van der Waals surface area contributed by atoms with Crippen LogP contribution in [0.15, 0.2) is 36.4 Å². The molecule has 1 N–H and O–H groups in total. The Bertz CT molecular complexity index is 712. The molecule has 0 saturated heterocycles. The summed E-state index contributed by atoms with van der Waals surface area (Å²) in [5.41, 5.74) is 1.67. The van der Waals surface area contributed by atoms with E-state index in [0.29, 0.717) is 28.2 Å². The molecule has 2 aromatic carbocycles. The average molecular weight is 318 g/mol. The summed E-state index contributed by atoms with van der Waals surface area (Å²) in [6.07, 6.45) is -0.890. The maximum Gasteiger partial charge on any atom is 0.163 e. The third-order valence-electron chi connectivity index (χ3n) is 3.55.